The first kappa shape index (κ1) is 22.7. The van der Waals surface area contributed by atoms with Crippen molar-refractivity contribution in [2.45, 2.75) is 0 Å². The molecule has 0 heterocycles. The van der Waals surface area contributed by atoms with E-state index in [9.17, 15) is 0 Å². The fraction of sp³-hybridized carbons (Fsp3) is 0. The number of phosphoric acid groups is 1. The number of hydrogen-bond acceptors (Lipinski definition) is 2. The number of rotatable bonds is 0. The number of hydrogen-bond donors (Lipinski definition) is 5. The van der Waals surface area contributed by atoms with E-state index >= 15 is 0 Å². The van der Waals surface area contributed by atoms with Crippen molar-refractivity contribution in [1.82, 2.24) is 0 Å². The summed E-state index contributed by atoms with van der Waals surface area (Å²) < 4.78 is 8.88. The standard InChI is InChI=1S/CH2O3.Na.H3O4P.V.H/c2-1(3)4;;1-5(2,3)4;;/h(H2,2,3,4);;(H3,1,2,3,4);;/q;+1;;;-1. The Kier molecular flexibility index (Phi) is 22.6. The van der Waals surface area contributed by atoms with Crippen molar-refractivity contribution in [3.63, 3.8) is 0 Å². The molecule has 0 saturated heterocycles. The molecule has 0 aromatic rings. The zero-order valence-corrected chi connectivity index (χ0v) is 9.74. The monoisotopic (exact) mass is 235 g/mol. The van der Waals surface area contributed by atoms with Gasteiger partial charge >= 0.3 is 43.5 Å². The summed E-state index contributed by atoms with van der Waals surface area (Å²) in [5.74, 6) is 0. The molecule has 0 aliphatic rings. The SMILES string of the molecule is O=C(O)O.O=P(O)(O)O.[H-].[Na+].[V]. The fourth-order valence-electron chi connectivity index (χ4n) is 0. The molecule has 0 aromatic carbocycles. The normalized spacial score (nSPS) is 7.55. The molecule has 0 bridgehead atoms. The van der Waals surface area contributed by atoms with Crippen LogP contribution in [0.4, 0.5) is 4.79 Å². The molecule has 0 aromatic heterocycles. The maximum Gasteiger partial charge on any atom is 1.00 e. The van der Waals surface area contributed by atoms with Gasteiger partial charge in [-0.1, -0.05) is 0 Å². The zero-order chi connectivity index (χ0) is 8.08. The molecule has 0 amide bonds. The topological polar surface area (TPSA) is 135 Å². The minimum Gasteiger partial charge on any atom is -1.00 e. The Balaban J connectivity index is -0.0000000221. The van der Waals surface area contributed by atoms with Crippen LogP contribution < -0.4 is 29.6 Å². The van der Waals surface area contributed by atoms with Gasteiger partial charge in [0.05, 0.1) is 0 Å². The second kappa shape index (κ2) is 11.0. The Morgan fingerprint density at radius 2 is 1.18 bits per heavy atom. The van der Waals surface area contributed by atoms with Gasteiger partial charge in [0, 0.05) is 18.6 Å². The summed E-state index contributed by atoms with van der Waals surface area (Å²) in [5, 5.41) is 13.9. The molecule has 63 valence electrons. The smallest absolute Gasteiger partial charge is 1.00 e. The van der Waals surface area contributed by atoms with Crippen molar-refractivity contribution in [1.29, 1.82) is 0 Å². The van der Waals surface area contributed by atoms with Gasteiger partial charge in [-0.05, 0) is 0 Å². The van der Waals surface area contributed by atoms with Crippen LogP contribution in [-0.2, 0) is 23.1 Å². The van der Waals surface area contributed by atoms with Crippen LogP contribution >= 0.6 is 7.82 Å². The molecule has 5 N–H and O–H groups in total. The van der Waals surface area contributed by atoms with Crippen LogP contribution in [0.15, 0.2) is 0 Å². The molecule has 11 heavy (non-hydrogen) atoms. The van der Waals surface area contributed by atoms with Crippen molar-refractivity contribution in [3.05, 3.63) is 0 Å². The Labute approximate surface area is 97.3 Å². The van der Waals surface area contributed by atoms with Crippen LogP contribution in [0.25, 0.3) is 0 Å². The minimum absolute atomic E-state index is 0. The molecule has 7 nitrogen and oxygen atoms in total. The van der Waals surface area contributed by atoms with Gasteiger partial charge < -0.3 is 26.3 Å². The van der Waals surface area contributed by atoms with Crippen molar-refractivity contribution in [2.24, 2.45) is 0 Å². The molecule has 0 rings (SSSR count). The van der Waals surface area contributed by atoms with E-state index in [1.807, 2.05) is 0 Å². The number of carbonyl (C=O) groups is 1. The molecule has 0 aliphatic heterocycles. The van der Waals surface area contributed by atoms with Gasteiger partial charge in [0.1, 0.15) is 0 Å². The first-order valence-electron chi connectivity index (χ1n) is 1.43. The third-order valence-corrected chi connectivity index (χ3v) is 0. The molecule has 0 unspecified atom stereocenters. The van der Waals surface area contributed by atoms with Gasteiger partial charge in [0.2, 0.25) is 0 Å². The Hall–Kier alpha value is 0.964. The van der Waals surface area contributed by atoms with Crippen LogP contribution in [0, 0.1) is 0 Å². The third kappa shape index (κ3) is 947. The molecular formula is CH6NaO7PV. The largest absolute Gasteiger partial charge is 1.00 e. The molecule has 0 saturated carbocycles. The van der Waals surface area contributed by atoms with Gasteiger partial charge in [-0.15, -0.1) is 0 Å². The predicted molar refractivity (Wildman–Crippen MR) is 26.0 cm³/mol. The van der Waals surface area contributed by atoms with Crippen molar-refractivity contribution in [2.75, 3.05) is 0 Å². The summed E-state index contributed by atoms with van der Waals surface area (Å²) in [6, 6.07) is 0. The maximum atomic E-state index is 8.88. The van der Waals surface area contributed by atoms with E-state index in [0.717, 1.165) is 0 Å². The van der Waals surface area contributed by atoms with Gasteiger partial charge in [-0.3, -0.25) is 0 Å². The second-order valence-corrected chi connectivity index (χ2v) is 1.82. The van der Waals surface area contributed by atoms with Crippen LogP contribution in [-0.4, -0.2) is 31.0 Å². The summed E-state index contributed by atoms with van der Waals surface area (Å²) in [6.07, 6.45) is -1.83. The first-order valence-corrected chi connectivity index (χ1v) is 3.00. The van der Waals surface area contributed by atoms with E-state index in [-0.39, 0.29) is 49.5 Å². The molecule has 10 heteroatoms. The van der Waals surface area contributed by atoms with E-state index in [4.69, 9.17) is 34.3 Å². The molecule has 1 radical (unpaired) electrons. The first-order chi connectivity index (χ1) is 3.73. The molecule has 0 fully saturated rings. The summed E-state index contributed by atoms with van der Waals surface area (Å²) >= 11 is 0. The van der Waals surface area contributed by atoms with Crippen molar-refractivity contribution < 1.29 is 83.8 Å². The predicted octanol–water partition coefficient (Wildman–Crippen LogP) is -3.59. The van der Waals surface area contributed by atoms with Gasteiger partial charge in [-0.25, -0.2) is 9.36 Å². The third-order valence-electron chi connectivity index (χ3n) is 0. The van der Waals surface area contributed by atoms with Crippen molar-refractivity contribution >= 4 is 14.0 Å². The molecule has 0 spiro atoms. The van der Waals surface area contributed by atoms with Crippen LogP contribution in [0.1, 0.15) is 1.43 Å². The van der Waals surface area contributed by atoms with E-state index < -0.39 is 14.0 Å². The average molecular weight is 235 g/mol. The molecular weight excluding hydrogens is 229 g/mol. The Bertz CT molecular complexity index is 123. The van der Waals surface area contributed by atoms with Crippen LogP contribution in [0.3, 0.4) is 0 Å². The van der Waals surface area contributed by atoms with E-state index in [0.29, 0.717) is 0 Å². The summed E-state index contributed by atoms with van der Waals surface area (Å²) in [7, 11) is -4.64. The zero-order valence-electron chi connectivity index (χ0n) is 6.45. The van der Waals surface area contributed by atoms with Gasteiger partial charge in [-0.2, -0.15) is 0 Å². The summed E-state index contributed by atoms with van der Waals surface area (Å²) in [4.78, 5) is 30.1. The van der Waals surface area contributed by atoms with E-state index in [1.165, 1.54) is 0 Å². The van der Waals surface area contributed by atoms with Crippen LogP contribution in [0.2, 0.25) is 0 Å². The second-order valence-electron chi connectivity index (χ2n) is 0.796. The summed E-state index contributed by atoms with van der Waals surface area (Å²) in [5.41, 5.74) is 0. The Morgan fingerprint density at radius 3 is 1.18 bits per heavy atom. The fourth-order valence-corrected chi connectivity index (χ4v) is 0. The van der Waals surface area contributed by atoms with Crippen LogP contribution in [0.5, 0.6) is 0 Å². The average Bonchev–Trinajstić information content (AvgIpc) is 1.19. The van der Waals surface area contributed by atoms with E-state index in [1.54, 1.807) is 0 Å². The van der Waals surface area contributed by atoms with Crippen molar-refractivity contribution in [3.8, 4) is 0 Å². The molecule has 0 atom stereocenters. The van der Waals surface area contributed by atoms with Gasteiger partial charge in [0.15, 0.2) is 0 Å². The Morgan fingerprint density at radius 1 is 1.18 bits per heavy atom. The number of carboxylic acid groups (broad SMARTS) is 2. The van der Waals surface area contributed by atoms with E-state index in [2.05, 4.69) is 0 Å². The quantitative estimate of drug-likeness (QED) is 0.216. The maximum absolute atomic E-state index is 8.88. The summed E-state index contributed by atoms with van der Waals surface area (Å²) in [6.45, 7) is 0. The molecule has 0 aliphatic carbocycles. The van der Waals surface area contributed by atoms with Gasteiger partial charge in [0.25, 0.3) is 0 Å². The minimum atomic E-state index is -4.64.